The number of anilines is 1. The lowest BCUT2D eigenvalue weighted by Gasteiger charge is -2.19. The summed E-state index contributed by atoms with van der Waals surface area (Å²) >= 11 is 0. The first-order valence-corrected chi connectivity index (χ1v) is 6.03. The highest BCUT2D eigenvalue weighted by atomic mass is 19.1. The molecule has 19 heavy (non-hydrogen) atoms. The van der Waals surface area contributed by atoms with E-state index in [-0.39, 0.29) is 18.7 Å². The summed E-state index contributed by atoms with van der Waals surface area (Å²) in [7, 11) is 0. The number of nitrogens with one attached hydrogen (secondary N) is 1. The summed E-state index contributed by atoms with van der Waals surface area (Å²) in [5, 5.41) is 2.51. The molecule has 0 bridgehead atoms. The van der Waals surface area contributed by atoms with E-state index in [0.717, 1.165) is 0 Å². The Kier molecular flexibility index (Phi) is 5.03. The van der Waals surface area contributed by atoms with Crippen LogP contribution in [0.15, 0.2) is 24.3 Å². The van der Waals surface area contributed by atoms with Gasteiger partial charge in [0.15, 0.2) is 0 Å². The topological polar surface area (TPSA) is 55.4 Å². The van der Waals surface area contributed by atoms with E-state index < -0.39 is 17.4 Å². The van der Waals surface area contributed by atoms with Crippen molar-refractivity contribution >= 4 is 17.6 Å². The van der Waals surface area contributed by atoms with E-state index in [0.29, 0.717) is 5.69 Å². The van der Waals surface area contributed by atoms with Crippen molar-refractivity contribution in [1.82, 2.24) is 0 Å². The summed E-state index contributed by atoms with van der Waals surface area (Å²) in [4.78, 5) is 23.0. The zero-order chi connectivity index (χ0) is 14.5. The van der Waals surface area contributed by atoms with Gasteiger partial charge in [-0.05, 0) is 39.0 Å². The van der Waals surface area contributed by atoms with Gasteiger partial charge >= 0.3 is 5.97 Å². The molecule has 0 atom stereocenters. The minimum atomic E-state index is -0.559. The maximum absolute atomic E-state index is 12.9. The van der Waals surface area contributed by atoms with E-state index in [4.69, 9.17) is 4.74 Å². The van der Waals surface area contributed by atoms with Crippen LogP contribution in [0.2, 0.25) is 0 Å². The third kappa shape index (κ3) is 6.55. The maximum atomic E-state index is 12.9. The summed E-state index contributed by atoms with van der Waals surface area (Å²) in [5.41, 5.74) is -0.190. The van der Waals surface area contributed by atoms with Gasteiger partial charge in [0.05, 0.1) is 6.42 Å². The van der Waals surface area contributed by atoms with Crippen LogP contribution in [-0.4, -0.2) is 17.5 Å². The highest BCUT2D eigenvalue weighted by Crippen LogP contribution is 2.11. The second-order valence-electron chi connectivity index (χ2n) is 5.14. The van der Waals surface area contributed by atoms with Crippen LogP contribution in [0.3, 0.4) is 0 Å². The van der Waals surface area contributed by atoms with Crippen molar-refractivity contribution in [3.8, 4) is 0 Å². The van der Waals surface area contributed by atoms with E-state index in [9.17, 15) is 14.0 Å². The first kappa shape index (κ1) is 15.1. The summed E-state index contributed by atoms with van der Waals surface area (Å²) in [6.45, 7) is 5.28. The van der Waals surface area contributed by atoms with Gasteiger partial charge in [-0.2, -0.15) is 0 Å². The molecule has 0 aliphatic carbocycles. The molecule has 0 aromatic heterocycles. The van der Waals surface area contributed by atoms with Crippen molar-refractivity contribution in [3.63, 3.8) is 0 Å². The molecule has 104 valence electrons. The largest absolute Gasteiger partial charge is 0.460 e. The van der Waals surface area contributed by atoms with E-state index in [1.807, 2.05) is 0 Å². The molecule has 0 fully saturated rings. The zero-order valence-corrected chi connectivity index (χ0v) is 11.3. The number of hydrogen-bond acceptors (Lipinski definition) is 3. The molecule has 1 N–H and O–H groups in total. The van der Waals surface area contributed by atoms with Crippen LogP contribution in [0.4, 0.5) is 10.1 Å². The average Bonchev–Trinajstić information content (AvgIpc) is 2.24. The van der Waals surface area contributed by atoms with Crippen LogP contribution in [0, 0.1) is 5.82 Å². The zero-order valence-electron chi connectivity index (χ0n) is 11.3. The lowest BCUT2D eigenvalue weighted by molar-refractivity contribution is -0.155. The quantitative estimate of drug-likeness (QED) is 0.853. The Labute approximate surface area is 112 Å². The minimum Gasteiger partial charge on any atom is -0.460 e. The molecule has 1 aromatic rings. The van der Waals surface area contributed by atoms with Crippen molar-refractivity contribution in [2.75, 3.05) is 5.32 Å². The molecule has 0 radical (unpaired) electrons. The average molecular weight is 267 g/mol. The number of amides is 1. The van der Waals surface area contributed by atoms with Gasteiger partial charge in [0.25, 0.3) is 0 Å². The van der Waals surface area contributed by atoms with Gasteiger partial charge in [-0.1, -0.05) is 6.07 Å². The number of ether oxygens (including phenoxy) is 1. The number of carbonyl (C=O) groups excluding carboxylic acids is 2. The van der Waals surface area contributed by atoms with Crippen molar-refractivity contribution < 1.29 is 18.7 Å². The normalized spacial score (nSPS) is 10.9. The highest BCUT2D eigenvalue weighted by molar-refractivity contribution is 5.92. The van der Waals surface area contributed by atoms with Crippen LogP contribution < -0.4 is 5.32 Å². The third-order valence-corrected chi connectivity index (χ3v) is 2.08. The Balaban J connectivity index is 2.38. The molecular formula is C14H18FNO3. The van der Waals surface area contributed by atoms with E-state index in [2.05, 4.69) is 5.32 Å². The molecule has 0 saturated carbocycles. The number of benzene rings is 1. The Morgan fingerprint density at radius 1 is 1.26 bits per heavy atom. The monoisotopic (exact) mass is 267 g/mol. The molecule has 5 heteroatoms. The van der Waals surface area contributed by atoms with Gasteiger partial charge in [-0.25, -0.2) is 4.39 Å². The van der Waals surface area contributed by atoms with E-state index in [1.165, 1.54) is 18.2 Å². The Morgan fingerprint density at radius 2 is 1.95 bits per heavy atom. The van der Waals surface area contributed by atoms with Crippen molar-refractivity contribution in [1.29, 1.82) is 0 Å². The fourth-order valence-corrected chi connectivity index (χ4v) is 1.40. The van der Waals surface area contributed by atoms with Gasteiger partial charge in [-0.15, -0.1) is 0 Å². The number of esters is 1. The number of carbonyl (C=O) groups is 2. The maximum Gasteiger partial charge on any atom is 0.306 e. The Bertz CT molecular complexity index is 466. The van der Waals surface area contributed by atoms with Gasteiger partial charge in [0.2, 0.25) is 5.91 Å². The lowest BCUT2D eigenvalue weighted by atomic mass is 10.2. The van der Waals surface area contributed by atoms with Crippen molar-refractivity contribution in [2.45, 2.75) is 39.2 Å². The summed E-state index contributed by atoms with van der Waals surface area (Å²) in [6, 6.07) is 5.58. The van der Waals surface area contributed by atoms with Crippen LogP contribution in [0.25, 0.3) is 0 Å². The molecule has 0 saturated heterocycles. The van der Waals surface area contributed by atoms with Gasteiger partial charge in [-0.3, -0.25) is 9.59 Å². The fourth-order valence-electron chi connectivity index (χ4n) is 1.40. The van der Waals surface area contributed by atoms with E-state index in [1.54, 1.807) is 26.8 Å². The number of rotatable bonds is 4. The second kappa shape index (κ2) is 6.31. The van der Waals surface area contributed by atoms with Gasteiger partial charge in [0, 0.05) is 12.1 Å². The minimum absolute atomic E-state index is 0.00157. The molecule has 1 aromatic carbocycles. The lowest BCUT2D eigenvalue weighted by Crippen LogP contribution is -2.24. The fraction of sp³-hybridized carbons (Fsp3) is 0.429. The molecule has 0 unspecified atom stereocenters. The predicted octanol–water partition coefficient (Wildman–Crippen LogP) is 2.89. The molecule has 1 rings (SSSR count). The predicted molar refractivity (Wildman–Crippen MR) is 70.1 cm³/mol. The SMILES string of the molecule is CC(C)(C)OC(=O)CCC(=O)Nc1cccc(F)c1. The number of hydrogen-bond donors (Lipinski definition) is 1. The third-order valence-electron chi connectivity index (χ3n) is 2.08. The molecule has 0 heterocycles. The summed E-state index contributed by atoms with van der Waals surface area (Å²) in [6.07, 6.45) is 0.00382. The summed E-state index contributed by atoms with van der Waals surface area (Å²) in [5.74, 6) is -1.21. The smallest absolute Gasteiger partial charge is 0.306 e. The van der Waals surface area contributed by atoms with Crippen LogP contribution >= 0.6 is 0 Å². The van der Waals surface area contributed by atoms with Gasteiger partial charge < -0.3 is 10.1 Å². The molecule has 0 aliphatic heterocycles. The Hall–Kier alpha value is -1.91. The molecular weight excluding hydrogens is 249 g/mol. The standard InChI is InChI=1S/C14H18FNO3/c1-14(2,3)19-13(18)8-7-12(17)16-11-6-4-5-10(15)9-11/h4-6,9H,7-8H2,1-3H3,(H,16,17). The van der Waals surface area contributed by atoms with Crippen molar-refractivity contribution in [2.24, 2.45) is 0 Å². The second-order valence-corrected chi connectivity index (χ2v) is 5.14. The molecule has 0 spiro atoms. The Morgan fingerprint density at radius 3 is 2.53 bits per heavy atom. The molecule has 1 amide bonds. The van der Waals surface area contributed by atoms with Crippen LogP contribution in [0.1, 0.15) is 33.6 Å². The van der Waals surface area contributed by atoms with Crippen LogP contribution in [0.5, 0.6) is 0 Å². The molecule has 4 nitrogen and oxygen atoms in total. The van der Waals surface area contributed by atoms with Crippen LogP contribution in [-0.2, 0) is 14.3 Å². The number of halogens is 1. The highest BCUT2D eigenvalue weighted by Gasteiger charge is 2.17. The first-order valence-electron chi connectivity index (χ1n) is 6.03. The van der Waals surface area contributed by atoms with E-state index >= 15 is 0 Å². The van der Waals surface area contributed by atoms with Gasteiger partial charge in [0.1, 0.15) is 11.4 Å². The first-order chi connectivity index (χ1) is 8.76. The molecule has 0 aliphatic rings. The van der Waals surface area contributed by atoms with Crippen molar-refractivity contribution in [3.05, 3.63) is 30.1 Å². The summed E-state index contributed by atoms with van der Waals surface area (Å²) < 4.78 is 18.0.